The van der Waals surface area contributed by atoms with Crippen molar-refractivity contribution in [1.29, 1.82) is 0 Å². The molecule has 5 saturated carbocycles. The molecule has 0 radical (unpaired) electrons. The normalized spacial score (nSPS) is 52.1. The first-order chi connectivity index (χ1) is 10.8. The molecule has 114 valence electrons. The van der Waals surface area contributed by atoms with Crippen molar-refractivity contribution in [2.45, 2.75) is 18.9 Å². The first-order valence-corrected chi connectivity index (χ1v) is 9.05. The van der Waals surface area contributed by atoms with Crippen molar-refractivity contribution in [2.75, 3.05) is 13.6 Å². The molecule has 0 heterocycles. The highest BCUT2D eigenvalue weighted by atomic mass is 16.1. The van der Waals surface area contributed by atoms with Gasteiger partial charge in [0.15, 0.2) is 0 Å². The van der Waals surface area contributed by atoms with Gasteiger partial charge in [0, 0.05) is 24.4 Å². The average Bonchev–Trinajstić information content (AvgIpc) is 3.04. The standard InChI is InChI=1S/C20H23NO/c1-21(8-7-10-5-3-2-4-6-10)19-15-11-9-12-14-13(11)17(19)18(14)20(22)16(12)15/h2-6,11-19H,7-9H2,1H3/t11-,12+,13-,14-,15+,16-,17+,18+,19-/m0/s1. The molecule has 22 heavy (non-hydrogen) atoms. The summed E-state index contributed by atoms with van der Waals surface area (Å²) in [6, 6.07) is 11.5. The summed E-state index contributed by atoms with van der Waals surface area (Å²) in [4.78, 5) is 15.3. The average molecular weight is 293 g/mol. The van der Waals surface area contributed by atoms with E-state index in [1.165, 1.54) is 12.0 Å². The molecule has 5 aliphatic carbocycles. The van der Waals surface area contributed by atoms with Gasteiger partial charge in [0.2, 0.25) is 0 Å². The second-order valence-electron chi connectivity index (χ2n) is 8.53. The molecule has 2 bridgehead atoms. The molecule has 0 N–H and O–H groups in total. The van der Waals surface area contributed by atoms with Gasteiger partial charge in [0.05, 0.1) is 0 Å². The van der Waals surface area contributed by atoms with Crippen molar-refractivity contribution < 1.29 is 4.79 Å². The van der Waals surface area contributed by atoms with Crippen LogP contribution in [-0.2, 0) is 11.2 Å². The predicted molar refractivity (Wildman–Crippen MR) is 84.1 cm³/mol. The number of carbonyl (C=O) groups is 1. The van der Waals surface area contributed by atoms with E-state index in [1.54, 1.807) is 0 Å². The molecule has 0 saturated heterocycles. The first kappa shape index (κ1) is 12.3. The smallest absolute Gasteiger partial charge is 0.140 e. The van der Waals surface area contributed by atoms with Gasteiger partial charge in [-0.2, -0.15) is 0 Å². The van der Waals surface area contributed by atoms with E-state index in [1.807, 2.05) is 0 Å². The molecule has 1 aromatic rings. The molecule has 0 unspecified atom stereocenters. The number of likely N-dealkylation sites (N-methyl/N-ethyl adjacent to an activating group) is 1. The molecule has 0 spiro atoms. The Hall–Kier alpha value is -1.15. The zero-order chi connectivity index (χ0) is 14.6. The van der Waals surface area contributed by atoms with Crippen molar-refractivity contribution in [3.63, 3.8) is 0 Å². The minimum absolute atomic E-state index is 0.471. The second kappa shape index (κ2) is 3.84. The number of carbonyl (C=O) groups excluding carboxylic acids is 1. The Morgan fingerprint density at radius 3 is 2.64 bits per heavy atom. The Balaban J connectivity index is 1.25. The van der Waals surface area contributed by atoms with Gasteiger partial charge in [0.25, 0.3) is 0 Å². The van der Waals surface area contributed by atoms with Gasteiger partial charge in [-0.1, -0.05) is 30.3 Å². The van der Waals surface area contributed by atoms with Crippen LogP contribution in [0.2, 0.25) is 0 Å². The van der Waals surface area contributed by atoms with Crippen molar-refractivity contribution in [3.8, 4) is 0 Å². The van der Waals surface area contributed by atoms with Gasteiger partial charge in [-0.05, 0) is 61.0 Å². The largest absolute Gasteiger partial charge is 0.302 e. The summed E-state index contributed by atoms with van der Waals surface area (Å²) in [5.41, 5.74) is 1.44. The highest BCUT2D eigenvalue weighted by Gasteiger charge is 2.83. The molecule has 0 aliphatic heterocycles. The lowest BCUT2D eigenvalue weighted by Crippen LogP contribution is -2.55. The van der Waals surface area contributed by atoms with Gasteiger partial charge in [0.1, 0.15) is 5.78 Å². The van der Waals surface area contributed by atoms with Crippen LogP contribution in [0, 0.1) is 47.3 Å². The van der Waals surface area contributed by atoms with Crippen molar-refractivity contribution in [1.82, 2.24) is 4.90 Å². The Bertz CT molecular complexity index is 655. The van der Waals surface area contributed by atoms with Crippen LogP contribution in [0.15, 0.2) is 30.3 Å². The van der Waals surface area contributed by atoms with E-state index in [9.17, 15) is 4.79 Å². The van der Waals surface area contributed by atoms with E-state index in [0.29, 0.717) is 17.6 Å². The number of benzene rings is 1. The highest BCUT2D eigenvalue weighted by Crippen LogP contribution is 2.82. The summed E-state index contributed by atoms with van der Waals surface area (Å²) < 4.78 is 0. The first-order valence-electron chi connectivity index (χ1n) is 9.05. The Kier molecular flexibility index (Phi) is 2.15. The van der Waals surface area contributed by atoms with Crippen LogP contribution >= 0.6 is 0 Å². The van der Waals surface area contributed by atoms with E-state index < -0.39 is 0 Å². The number of hydrogen-bond acceptors (Lipinski definition) is 2. The van der Waals surface area contributed by atoms with Gasteiger partial charge in [-0.15, -0.1) is 0 Å². The minimum atomic E-state index is 0.471. The molecule has 5 aliphatic rings. The van der Waals surface area contributed by atoms with Crippen LogP contribution in [0.3, 0.4) is 0 Å². The van der Waals surface area contributed by atoms with E-state index in [2.05, 4.69) is 42.3 Å². The van der Waals surface area contributed by atoms with E-state index in [0.717, 1.165) is 54.5 Å². The molecular formula is C20H23NO. The Morgan fingerprint density at radius 1 is 1.00 bits per heavy atom. The number of rotatable bonds is 4. The lowest BCUT2D eigenvalue weighted by atomic mass is 9.58. The molecule has 5 fully saturated rings. The molecule has 0 aromatic heterocycles. The fraction of sp³-hybridized carbons (Fsp3) is 0.650. The highest BCUT2D eigenvalue weighted by molar-refractivity contribution is 5.91. The maximum Gasteiger partial charge on any atom is 0.140 e. The number of Topliss-reactive ketones (excluding diaryl/α,β-unsaturated/α-hetero) is 1. The van der Waals surface area contributed by atoms with Crippen LogP contribution in [0.25, 0.3) is 0 Å². The van der Waals surface area contributed by atoms with E-state index >= 15 is 0 Å². The summed E-state index contributed by atoms with van der Waals surface area (Å²) in [5, 5.41) is 0. The number of nitrogens with zero attached hydrogens (tertiary/aromatic N) is 1. The summed E-state index contributed by atoms with van der Waals surface area (Å²) in [5.74, 6) is 6.59. The third kappa shape index (κ3) is 1.16. The minimum Gasteiger partial charge on any atom is -0.302 e. The van der Waals surface area contributed by atoms with Gasteiger partial charge in [-0.25, -0.2) is 0 Å². The monoisotopic (exact) mass is 293 g/mol. The van der Waals surface area contributed by atoms with Crippen LogP contribution in [0.5, 0.6) is 0 Å². The molecule has 2 nitrogen and oxygen atoms in total. The quantitative estimate of drug-likeness (QED) is 0.850. The number of ketones is 1. The van der Waals surface area contributed by atoms with E-state index in [4.69, 9.17) is 0 Å². The summed E-state index contributed by atoms with van der Waals surface area (Å²) in [6.07, 6.45) is 2.53. The maximum absolute atomic E-state index is 12.6. The SMILES string of the molecule is CN(CCc1ccccc1)[C@H]1[C@@H]2[C@H]3C[C@H]4[C@@H]2C(=O)[C@@H]2[C@@H]4[C@H]3[C@H]21. The van der Waals surface area contributed by atoms with Crippen LogP contribution in [-0.4, -0.2) is 30.3 Å². The third-order valence-corrected chi connectivity index (χ3v) is 8.17. The Morgan fingerprint density at radius 2 is 1.82 bits per heavy atom. The van der Waals surface area contributed by atoms with Crippen molar-refractivity contribution in [2.24, 2.45) is 47.3 Å². The molecule has 0 amide bonds. The fourth-order valence-electron chi connectivity index (χ4n) is 7.80. The van der Waals surface area contributed by atoms with Gasteiger partial charge < -0.3 is 4.90 Å². The zero-order valence-corrected chi connectivity index (χ0v) is 13.1. The zero-order valence-electron chi connectivity index (χ0n) is 13.1. The lowest BCUT2D eigenvalue weighted by molar-refractivity contribution is -0.137. The van der Waals surface area contributed by atoms with Crippen molar-refractivity contribution in [3.05, 3.63) is 35.9 Å². The van der Waals surface area contributed by atoms with Crippen molar-refractivity contribution >= 4 is 5.78 Å². The summed E-state index contributed by atoms with van der Waals surface area (Å²) >= 11 is 0. The second-order valence-corrected chi connectivity index (χ2v) is 8.53. The maximum atomic E-state index is 12.6. The Labute approximate surface area is 131 Å². The molecule has 1 aromatic carbocycles. The summed E-state index contributed by atoms with van der Waals surface area (Å²) in [7, 11) is 2.32. The molecule has 2 heteroatoms. The van der Waals surface area contributed by atoms with Gasteiger partial charge >= 0.3 is 0 Å². The lowest BCUT2D eigenvalue weighted by Gasteiger charge is -2.48. The molecule has 9 atom stereocenters. The summed E-state index contributed by atoms with van der Waals surface area (Å²) in [6.45, 7) is 1.14. The third-order valence-electron chi connectivity index (χ3n) is 8.17. The molecule has 6 rings (SSSR count). The fourth-order valence-corrected chi connectivity index (χ4v) is 7.80. The predicted octanol–water partition coefficient (Wildman–Crippen LogP) is 2.49. The van der Waals surface area contributed by atoms with Crippen LogP contribution in [0.1, 0.15) is 12.0 Å². The van der Waals surface area contributed by atoms with Crippen LogP contribution < -0.4 is 0 Å². The van der Waals surface area contributed by atoms with E-state index in [-0.39, 0.29) is 0 Å². The number of hydrogen-bond donors (Lipinski definition) is 0. The topological polar surface area (TPSA) is 20.3 Å². The number of fused-ring (bicyclic) bond motifs is 2. The molecular weight excluding hydrogens is 270 g/mol. The van der Waals surface area contributed by atoms with Crippen LogP contribution in [0.4, 0.5) is 0 Å². The van der Waals surface area contributed by atoms with Gasteiger partial charge in [-0.3, -0.25) is 4.79 Å².